The molecule has 16 nitrogen and oxygen atoms in total. The van der Waals surface area contributed by atoms with E-state index < -0.39 is 46.8 Å². The van der Waals surface area contributed by atoms with Crippen LogP contribution >= 0.6 is 0 Å². The number of azide groups is 1. The van der Waals surface area contributed by atoms with E-state index in [-0.39, 0.29) is 60.6 Å². The van der Waals surface area contributed by atoms with Gasteiger partial charge in [-0.25, -0.2) is 0 Å². The summed E-state index contributed by atoms with van der Waals surface area (Å²) in [6.45, 7) is 8.00. The molecule has 2 aromatic carbocycles. The van der Waals surface area contributed by atoms with Gasteiger partial charge in [0.2, 0.25) is 6.29 Å². The summed E-state index contributed by atoms with van der Waals surface area (Å²) >= 11 is 0. The number of hydrogen-bond acceptors (Lipinski definition) is 14. The van der Waals surface area contributed by atoms with E-state index >= 15 is 3.89 Å². The number of benzene rings is 2. The van der Waals surface area contributed by atoms with E-state index in [9.17, 15) is 18.6 Å². The van der Waals surface area contributed by atoms with Crippen LogP contribution in [0.4, 0.5) is 9.57 Å². The average molecular weight is 753 g/mol. The predicted octanol–water partition coefficient (Wildman–Crippen LogP) is 5.86. The summed E-state index contributed by atoms with van der Waals surface area (Å²) in [6, 6.07) is 11.8. The monoisotopic (exact) mass is 752 g/mol. The van der Waals surface area contributed by atoms with Gasteiger partial charge in [0.15, 0.2) is 17.3 Å². The van der Waals surface area contributed by atoms with Crippen LogP contribution in [0.2, 0.25) is 0 Å². The molecule has 0 spiro atoms. The third-order valence-corrected chi connectivity index (χ3v) is 8.53. The minimum atomic E-state index is -4.84. The number of Topliss-reactive ketones (excluding diaryl/α,β-unsaturated/α-hetero) is 1. The van der Waals surface area contributed by atoms with Gasteiger partial charge in [-0.3, -0.25) is 14.4 Å². The van der Waals surface area contributed by atoms with Crippen molar-refractivity contribution in [3.8, 4) is 11.5 Å². The molecule has 1 aliphatic rings. The molecule has 1 fully saturated rings. The Hall–Kier alpha value is -4.32. The molecule has 2 unspecified atom stereocenters. The second-order valence-corrected chi connectivity index (χ2v) is 12.8. The van der Waals surface area contributed by atoms with Crippen LogP contribution in [0, 0.1) is 11.8 Å². The number of ketones is 1. The Balaban J connectivity index is 1.70. The fraction of sp³-hybridized carbons (Fsp3) is 0.559. The first-order valence-electron chi connectivity index (χ1n) is 16.7. The van der Waals surface area contributed by atoms with Gasteiger partial charge >= 0.3 is 22.3 Å². The van der Waals surface area contributed by atoms with Gasteiger partial charge in [0, 0.05) is 55.7 Å². The van der Waals surface area contributed by atoms with Crippen molar-refractivity contribution in [2.24, 2.45) is 21.3 Å². The zero-order valence-corrected chi connectivity index (χ0v) is 30.4. The van der Waals surface area contributed by atoms with E-state index in [1.54, 1.807) is 25.1 Å². The molecule has 0 radical (unpaired) electrons. The zero-order chi connectivity index (χ0) is 37.9. The molecule has 286 valence electrons. The van der Waals surface area contributed by atoms with E-state index in [1.165, 1.54) is 44.2 Å². The van der Waals surface area contributed by atoms with Gasteiger partial charge in [-0.15, -0.1) is 4.36 Å². The maximum atomic E-state index is 15.4. The Labute approximate surface area is 302 Å². The normalized spacial score (nSPS) is 20.8. The fourth-order valence-electron chi connectivity index (χ4n) is 4.99. The maximum Gasteiger partial charge on any atom is 0.382 e. The molecule has 1 saturated heterocycles. The number of nitrogens with zero attached hydrogens (tertiary/aromatic N) is 4. The van der Waals surface area contributed by atoms with E-state index in [0.717, 1.165) is 0 Å². The molecule has 0 N–H and O–H groups in total. The Morgan fingerprint density at radius 1 is 0.904 bits per heavy atom. The van der Waals surface area contributed by atoms with Crippen molar-refractivity contribution < 1.29 is 59.8 Å². The minimum absolute atomic E-state index is 0.0635. The zero-order valence-electron chi connectivity index (χ0n) is 29.6. The highest BCUT2D eigenvalue weighted by atomic mass is 32.3. The number of rotatable bonds is 22. The number of ether oxygens (including phenoxy) is 7. The second-order valence-electron chi connectivity index (χ2n) is 11.7. The number of carbonyl (C=O) groups is 3. The highest BCUT2D eigenvalue weighted by Crippen LogP contribution is 2.38. The molecule has 0 amide bonds. The Morgan fingerprint density at radius 3 is 2.23 bits per heavy atom. The summed E-state index contributed by atoms with van der Waals surface area (Å²) < 4.78 is 76.3. The molecule has 0 aromatic heterocycles. The lowest BCUT2D eigenvalue weighted by atomic mass is 9.84. The first kappa shape index (κ1) is 42.1. The topological polar surface area (TPSA) is 203 Å². The smallest absolute Gasteiger partial charge is 0.382 e. The van der Waals surface area contributed by atoms with Gasteiger partial charge < -0.3 is 37.3 Å². The molecule has 3 rings (SSSR count). The lowest BCUT2D eigenvalue weighted by molar-refractivity contribution is -0.248. The highest BCUT2D eigenvalue weighted by Gasteiger charge is 2.45. The number of carbonyl (C=O) groups excluding carboxylic acids is 3. The van der Waals surface area contributed by atoms with Crippen LogP contribution in [0.15, 0.2) is 58.0 Å². The Bertz CT molecular complexity index is 1640. The first-order chi connectivity index (χ1) is 24.9. The molecule has 18 heteroatoms. The van der Waals surface area contributed by atoms with Crippen LogP contribution in [0.25, 0.3) is 10.4 Å². The summed E-state index contributed by atoms with van der Waals surface area (Å²) in [6.07, 6.45) is -2.27. The summed E-state index contributed by atoms with van der Waals surface area (Å²) in [5.41, 5.74) is 8.42. The van der Waals surface area contributed by atoms with Crippen LogP contribution in [0.1, 0.15) is 50.9 Å². The van der Waals surface area contributed by atoms with E-state index in [0.29, 0.717) is 39.5 Å². The fourth-order valence-corrected chi connectivity index (χ4v) is 5.75. The SMILES string of the molecule is CC(=O)OC[C@H]1OC(Oc2ccc(C(=O)CCCOCCOCCOCCN=[N+]=[N-])cc2OS(=O)(F)=Nc2ccccc2)[C@H](C)[C@@H](C)[C@H]1OC(C)=O. The lowest BCUT2D eigenvalue weighted by Gasteiger charge is -2.43. The van der Waals surface area contributed by atoms with Gasteiger partial charge in [0.25, 0.3) is 0 Å². The van der Waals surface area contributed by atoms with Crippen molar-refractivity contribution in [1.29, 1.82) is 0 Å². The summed E-state index contributed by atoms with van der Waals surface area (Å²) in [5, 5.41) is 3.36. The van der Waals surface area contributed by atoms with Crippen molar-refractivity contribution in [3.63, 3.8) is 0 Å². The standard InChI is InChI=1S/C34H45FN4O12S/c1-23-24(2)34(50-32(22-47-25(3)40)33(23)48-26(4)41)49-30-13-12-27(21-31(30)51-52(35,43)38-28-9-6-5-7-10-28)29(42)11-8-15-44-17-19-46-20-18-45-16-14-37-39-36/h5-7,9-10,12-13,21,23-24,32-34H,8,11,14-20,22H2,1-4H3/t23-,24-,32-,33-,34?,52?/m1/s1. The highest BCUT2D eigenvalue weighted by molar-refractivity contribution is 7.84. The molecule has 52 heavy (non-hydrogen) atoms. The molecule has 1 aliphatic heterocycles. The third-order valence-electron chi connectivity index (χ3n) is 7.71. The van der Waals surface area contributed by atoms with Crippen LogP contribution in [-0.2, 0) is 48.4 Å². The molecule has 6 atom stereocenters. The van der Waals surface area contributed by atoms with E-state index in [4.69, 9.17) is 42.9 Å². The van der Waals surface area contributed by atoms with Gasteiger partial charge in [0.05, 0.1) is 38.7 Å². The summed E-state index contributed by atoms with van der Waals surface area (Å²) in [5.74, 6) is -2.67. The number of esters is 2. The number of halogens is 1. The molecular weight excluding hydrogens is 707 g/mol. The average Bonchev–Trinajstić information content (AvgIpc) is 3.09. The molecule has 1 heterocycles. The molecule has 0 saturated carbocycles. The largest absolute Gasteiger partial charge is 0.463 e. The van der Waals surface area contributed by atoms with Crippen molar-refractivity contribution in [2.75, 3.05) is 52.8 Å². The van der Waals surface area contributed by atoms with Gasteiger partial charge in [-0.2, -0.15) is 4.21 Å². The van der Waals surface area contributed by atoms with Crippen LogP contribution in [0.3, 0.4) is 0 Å². The van der Waals surface area contributed by atoms with Gasteiger partial charge in [0.1, 0.15) is 18.8 Å². The quantitative estimate of drug-likeness (QED) is 0.0264. The first-order valence-corrected chi connectivity index (χ1v) is 18.0. The third kappa shape index (κ3) is 14.7. The van der Waals surface area contributed by atoms with E-state index in [2.05, 4.69) is 14.4 Å². The van der Waals surface area contributed by atoms with Crippen molar-refractivity contribution in [2.45, 2.75) is 59.0 Å². The minimum Gasteiger partial charge on any atom is -0.463 e. The second kappa shape index (κ2) is 21.9. The molecular formula is C34H45FN4O12S. The van der Waals surface area contributed by atoms with Crippen molar-refractivity contribution in [3.05, 3.63) is 64.5 Å². The van der Waals surface area contributed by atoms with Gasteiger partial charge in [-0.1, -0.05) is 41.0 Å². The van der Waals surface area contributed by atoms with Gasteiger partial charge in [-0.05, 0) is 42.3 Å². The summed E-state index contributed by atoms with van der Waals surface area (Å²) in [7, 11) is -4.84. The number of hydrogen-bond donors (Lipinski definition) is 0. The molecule has 0 aliphatic carbocycles. The van der Waals surface area contributed by atoms with Crippen LogP contribution in [0.5, 0.6) is 11.5 Å². The maximum absolute atomic E-state index is 15.4. The predicted molar refractivity (Wildman–Crippen MR) is 185 cm³/mol. The van der Waals surface area contributed by atoms with Crippen molar-refractivity contribution in [1.82, 2.24) is 0 Å². The molecule has 0 bridgehead atoms. The molecule has 2 aromatic rings. The van der Waals surface area contributed by atoms with Crippen LogP contribution < -0.4 is 8.92 Å². The Kier molecular flexibility index (Phi) is 17.7. The summed E-state index contributed by atoms with van der Waals surface area (Å²) in [4.78, 5) is 39.2. The van der Waals surface area contributed by atoms with Crippen molar-refractivity contribution >= 4 is 33.8 Å². The van der Waals surface area contributed by atoms with E-state index in [1.807, 2.05) is 6.92 Å². The lowest BCUT2D eigenvalue weighted by Crippen LogP contribution is -2.54. The Morgan fingerprint density at radius 2 is 1.58 bits per heavy atom. The van der Waals surface area contributed by atoms with Crippen LogP contribution in [-0.4, -0.2) is 93.2 Å².